The summed E-state index contributed by atoms with van der Waals surface area (Å²) < 4.78 is 0. The van der Waals surface area contributed by atoms with Crippen molar-refractivity contribution in [2.24, 2.45) is 11.8 Å². The van der Waals surface area contributed by atoms with Crippen molar-refractivity contribution < 1.29 is 0 Å². The van der Waals surface area contributed by atoms with Gasteiger partial charge in [0.25, 0.3) is 0 Å². The van der Waals surface area contributed by atoms with Crippen LogP contribution in [0.25, 0.3) is 0 Å². The van der Waals surface area contributed by atoms with Crippen molar-refractivity contribution in [2.75, 3.05) is 5.73 Å². The Hall–Kier alpha value is -0.980. The van der Waals surface area contributed by atoms with Crippen LogP contribution in [0.4, 0.5) is 5.69 Å². The highest BCUT2D eigenvalue weighted by atomic mass is 14.6. The zero-order chi connectivity index (χ0) is 10.9. The molecule has 1 nitrogen and oxygen atoms in total. The quantitative estimate of drug-likeness (QED) is 0.728. The van der Waals surface area contributed by atoms with Crippen LogP contribution in [0.3, 0.4) is 0 Å². The first-order chi connectivity index (χ1) is 7.04. The lowest BCUT2D eigenvalue weighted by Crippen LogP contribution is -1.92. The molecule has 0 aromatic heterocycles. The molecule has 0 aliphatic heterocycles. The van der Waals surface area contributed by atoms with Gasteiger partial charge in [-0.15, -0.1) is 0 Å². The second-order valence-corrected chi connectivity index (χ2v) is 5.64. The minimum atomic E-state index is 0.647. The minimum Gasteiger partial charge on any atom is -0.398 e. The van der Waals surface area contributed by atoms with Gasteiger partial charge in [0, 0.05) is 23.6 Å². The standard InChI is InChI=1S/C14H18N/c1-6(2)10-8-5-9(15)13-11(7(3)4)14(13)12(8)10/h6-7,10-11H,15H2,1-4H3. The average molecular weight is 200 g/mol. The molecule has 0 heterocycles. The summed E-state index contributed by atoms with van der Waals surface area (Å²) in [7, 11) is 0. The van der Waals surface area contributed by atoms with Crippen molar-refractivity contribution in [1.82, 2.24) is 0 Å². The van der Waals surface area contributed by atoms with E-state index in [-0.39, 0.29) is 0 Å². The van der Waals surface area contributed by atoms with Crippen molar-refractivity contribution in [3.05, 3.63) is 28.3 Å². The van der Waals surface area contributed by atoms with Crippen molar-refractivity contribution in [3.8, 4) is 0 Å². The summed E-state index contributed by atoms with van der Waals surface area (Å²) in [5, 5.41) is 0. The molecule has 2 aliphatic carbocycles. The molecule has 0 spiro atoms. The third-order valence-electron chi connectivity index (χ3n) is 3.84. The highest BCUT2D eigenvalue weighted by molar-refractivity contribution is 5.79. The van der Waals surface area contributed by atoms with E-state index in [2.05, 4.69) is 33.8 Å². The van der Waals surface area contributed by atoms with Crippen LogP contribution in [0.5, 0.6) is 0 Å². The molecule has 1 radical (unpaired) electrons. The summed E-state index contributed by atoms with van der Waals surface area (Å²) in [5.74, 6) is 2.71. The van der Waals surface area contributed by atoms with Crippen molar-refractivity contribution in [2.45, 2.75) is 39.5 Å². The number of hydrogen-bond donors (Lipinski definition) is 1. The van der Waals surface area contributed by atoms with Gasteiger partial charge in [-0.2, -0.15) is 0 Å². The predicted molar refractivity (Wildman–Crippen MR) is 63.1 cm³/mol. The van der Waals surface area contributed by atoms with Crippen molar-refractivity contribution in [3.63, 3.8) is 0 Å². The molecule has 1 aromatic carbocycles. The molecule has 1 heteroatoms. The summed E-state index contributed by atoms with van der Waals surface area (Å²) in [5.41, 5.74) is 12.9. The number of nitrogen functional groups attached to an aromatic ring is 1. The molecule has 0 bridgehead atoms. The Morgan fingerprint density at radius 2 is 1.53 bits per heavy atom. The van der Waals surface area contributed by atoms with Gasteiger partial charge >= 0.3 is 0 Å². The van der Waals surface area contributed by atoms with Gasteiger partial charge < -0.3 is 5.73 Å². The lowest BCUT2D eigenvalue weighted by molar-refractivity contribution is 0.617. The van der Waals surface area contributed by atoms with Crippen molar-refractivity contribution >= 4 is 5.69 Å². The molecule has 2 atom stereocenters. The fourth-order valence-electron chi connectivity index (χ4n) is 3.11. The SMILES string of the molecule is CC(C)C1c2[c]c(N)c3c(c21)C3C(C)C. The van der Waals surface area contributed by atoms with E-state index in [0.29, 0.717) is 23.7 Å². The van der Waals surface area contributed by atoms with Gasteiger partial charge in [0.2, 0.25) is 0 Å². The summed E-state index contributed by atoms with van der Waals surface area (Å²) >= 11 is 0. The number of benzene rings is 1. The zero-order valence-electron chi connectivity index (χ0n) is 9.89. The first-order valence-corrected chi connectivity index (χ1v) is 5.92. The molecule has 0 saturated heterocycles. The zero-order valence-corrected chi connectivity index (χ0v) is 9.89. The molecular formula is C14H18N. The maximum Gasteiger partial charge on any atom is 0.0439 e. The number of anilines is 1. The fraction of sp³-hybridized carbons (Fsp3) is 0.571. The van der Waals surface area contributed by atoms with Gasteiger partial charge in [-0.1, -0.05) is 27.7 Å². The Labute approximate surface area is 91.7 Å². The first kappa shape index (κ1) is 9.26. The van der Waals surface area contributed by atoms with E-state index >= 15 is 0 Å². The molecule has 79 valence electrons. The maximum atomic E-state index is 6.04. The van der Waals surface area contributed by atoms with Gasteiger partial charge in [0.15, 0.2) is 0 Å². The van der Waals surface area contributed by atoms with Crippen LogP contribution in [0.15, 0.2) is 0 Å². The Morgan fingerprint density at radius 3 is 2.07 bits per heavy atom. The number of hydrogen-bond acceptors (Lipinski definition) is 1. The van der Waals surface area contributed by atoms with E-state index in [1.807, 2.05) is 0 Å². The molecule has 2 aliphatic rings. The van der Waals surface area contributed by atoms with Crippen LogP contribution in [0, 0.1) is 17.9 Å². The minimum absolute atomic E-state index is 0.647. The second-order valence-electron chi connectivity index (χ2n) is 5.64. The average Bonchev–Trinajstić information content (AvgIpc) is 2.92. The molecular weight excluding hydrogens is 182 g/mol. The summed E-state index contributed by atoms with van der Waals surface area (Å²) in [6.45, 7) is 9.13. The van der Waals surface area contributed by atoms with Crippen LogP contribution >= 0.6 is 0 Å². The Morgan fingerprint density at radius 1 is 0.933 bits per heavy atom. The molecule has 15 heavy (non-hydrogen) atoms. The topological polar surface area (TPSA) is 26.0 Å². The fourth-order valence-corrected chi connectivity index (χ4v) is 3.11. The highest BCUT2D eigenvalue weighted by Gasteiger charge is 2.50. The summed E-state index contributed by atoms with van der Waals surface area (Å²) in [6.07, 6.45) is 0. The van der Waals surface area contributed by atoms with Crippen LogP contribution in [0.2, 0.25) is 0 Å². The number of rotatable bonds is 2. The predicted octanol–water partition coefficient (Wildman–Crippen LogP) is 3.27. The maximum absolute atomic E-state index is 6.04. The lowest BCUT2D eigenvalue weighted by atomic mass is 10.0. The largest absolute Gasteiger partial charge is 0.398 e. The third kappa shape index (κ3) is 1.04. The van der Waals surface area contributed by atoms with E-state index in [9.17, 15) is 0 Å². The molecule has 0 fully saturated rings. The molecule has 0 saturated carbocycles. The first-order valence-electron chi connectivity index (χ1n) is 5.92. The molecule has 1 aromatic rings. The Bertz CT molecular complexity index is 443. The normalized spacial score (nSPS) is 25.5. The molecule has 0 amide bonds. The Kier molecular flexibility index (Phi) is 1.59. The second kappa shape index (κ2) is 2.58. The van der Waals surface area contributed by atoms with Gasteiger partial charge in [-0.05, 0) is 34.1 Å². The van der Waals surface area contributed by atoms with E-state index in [0.717, 1.165) is 5.69 Å². The van der Waals surface area contributed by atoms with E-state index in [1.165, 1.54) is 11.1 Å². The van der Waals surface area contributed by atoms with Gasteiger partial charge in [-0.25, -0.2) is 0 Å². The summed E-state index contributed by atoms with van der Waals surface area (Å²) in [6, 6.07) is 3.38. The third-order valence-corrected chi connectivity index (χ3v) is 3.84. The van der Waals surface area contributed by atoms with Crippen LogP contribution in [-0.4, -0.2) is 0 Å². The smallest absolute Gasteiger partial charge is 0.0439 e. The number of fused-ring (bicyclic) bond motifs is 3. The van der Waals surface area contributed by atoms with Crippen LogP contribution in [0.1, 0.15) is 61.8 Å². The lowest BCUT2D eigenvalue weighted by Gasteiger charge is -2.02. The van der Waals surface area contributed by atoms with E-state index in [4.69, 9.17) is 5.73 Å². The number of nitrogens with two attached hydrogens (primary N) is 1. The molecule has 2 unspecified atom stereocenters. The van der Waals surface area contributed by atoms with Crippen LogP contribution < -0.4 is 5.73 Å². The van der Waals surface area contributed by atoms with Gasteiger partial charge in [0.05, 0.1) is 0 Å². The molecule has 3 rings (SSSR count). The van der Waals surface area contributed by atoms with Gasteiger partial charge in [0.1, 0.15) is 0 Å². The Balaban J connectivity index is 2.03. The van der Waals surface area contributed by atoms with E-state index < -0.39 is 0 Å². The van der Waals surface area contributed by atoms with Crippen molar-refractivity contribution in [1.29, 1.82) is 0 Å². The van der Waals surface area contributed by atoms with Crippen LogP contribution in [-0.2, 0) is 0 Å². The van der Waals surface area contributed by atoms with Gasteiger partial charge in [-0.3, -0.25) is 0 Å². The summed E-state index contributed by atoms with van der Waals surface area (Å²) in [4.78, 5) is 0. The molecule has 2 N–H and O–H groups in total. The monoisotopic (exact) mass is 200 g/mol. The highest BCUT2D eigenvalue weighted by Crippen LogP contribution is 2.64. The van der Waals surface area contributed by atoms with E-state index in [1.54, 1.807) is 11.1 Å².